The summed E-state index contributed by atoms with van der Waals surface area (Å²) in [5, 5.41) is 2.93. The lowest BCUT2D eigenvalue weighted by Gasteiger charge is -2.29. The molecule has 1 unspecified atom stereocenters. The summed E-state index contributed by atoms with van der Waals surface area (Å²) in [6, 6.07) is 3.88. The Hall–Kier alpha value is -1.66. The van der Waals surface area contributed by atoms with Crippen LogP contribution in [0.2, 0.25) is 0 Å². The number of ether oxygens (including phenoxy) is 1. The number of hydrogen-bond donors (Lipinski definition) is 1. The van der Waals surface area contributed by atoms with Crippen LogP contribution in [-0.4, -0.2) is 66.8 Å². The summed E-state index contributed by atoms with van der Waals surface area (Å²) in [5.74, 6) is 1.20. The highest BCUT2D eigenvalue weighted by molar-refractivity contribution is 5.88. The Labute approximate surface area is 137 Å². The fraction of sp³-hybridized carbons (Fsp3) is 0.647. The van der Waals surface area contributed by atoms with Crippen molar-refractivity contribution in [1.82, 2.24) is 14.8 Å². The Morgan fingerprint density at radius 1 is 1.30 bits per heavy atom. The van der Waals surface area contributed by atoms with Crippen molar-refractivity contribution in [2.45, 2.75) is 20.3 Å². The summed E-state index contributed by atoms with van der Waals surface area (Å²) in [4.78, 5) is 21.1. The van der Waals surface area contributed by atoms with Gasteiger partial charge in [-0.15, -0.1) is 0 Å². The minimum absolute atomic E-state index is 0.0352. The quantitative estimate of drug-likeness (QED) is 0.924. The lowest BCUT2D eigenvalue weighted by molar-refractivity contribution is 0.0314. The Bertz CT molecular complexity index is 537. The molecule has 1 atom stereocenters. The number of likely N-dealkylation sites (tertiary alicyclic amines) is 1. The third-order valence-corrected chi connectivity index (χ3v) is 4.53. The zero-order valence-corrected chi connectivity index (χ0v) is 14.0. The molecule has 6 nitrogen and oxygen atoms in total. The normalized spacial score (nSPS) is 22.3. The number of anilines is 1. The number of urea groups is 1. The van der Waals surface area contributed by atoms with Crippen LogP contribution in [-0.2, 0) is 4.74 Å². The first-order valence-electron chi connectivity index (χ1n) is 8.41. The molecule has 0 saturated carbocycles. The van der Waals surface area contributed by atoms with Crippen molar-refractivity contribution in [2.24, 2.45) is 5.92 Å². The average molecular weight is 318 g/mol. The number of nitrogens with one attached hydrogen (secondary N) is 1. The van der Waals surface area contributed by atoms with Gasteiger partial charge < -0.3 is 9.64 Å². The number of pyridine rings is 1. The smallest absolute Gasteiger partial charge is 0.323 e. The number of morpholine rings is 1. The molecular formula is C17H26N4O2. The molecule has 2 saturated heterocycles. The molecule has 0 aromatic carbocycles. The van der Waals surface area contributed by atoms with Gasteiger partial charge in [-0.25, -0.2) is 9.78 Å². The van der Waals surface area contributed by atoms with Gasteiger partial charge in [0.1, 0.15) is 5.82 Å². The Balaban J connectivity index is 1.50. The number of hydrogen-bond acceptors (Lipinski definition) is 4. The molecule has 0 radical (unpaired) electrons. The molecule has 0 bridgehead atoms. The number of carbonyl (C=O) groups excluding carboxylic acids is 1. The average Bonchev–Trinajstić information content (AvgIpc) is 2.96. The van der Waals surface area contributed by atoms with Crippen LogP contribution in [0, 0.1) is 19.8 Å². The highest BCUT2D eigenvalue weighted by atomic mass is 16.5. The molecule has 2 aliphatic rings. The molecule has 3 heterocycles. The monoisotopic (exact) mass is 318 g/mol. The van der Waals surface area contributed by atoms with Gasteiger partial charge in [-0.1, -0.05) is 0 Å². The van der Waals surface area contributed by atoms with E-state index in [0.717, 1.165) is 63.6 Å². The molecular weight excluding hydrogens is 292 g/mol. The molecule has 126 valence electrons. The predicted molar refractivity (Wildman–Crippen MR) is 89.7 cm³/mol. The number of rotatable bonds is 3. The second-order valence-electron chi connectivity index (χ2n) is 6.61. The minimum atomic E-state index is -0.0352. The zero-order valence-electron chi connectivity index (χ0n) is 14.0. The maximum absolute atomic E-state index is 12.4. The minimum Gasteiger partial charge on any atom is -0.379 e. The van der Waals surface area contributed by atoms with Gasteiger partial charge in [0.2, 0.25) is 0 Å². The third kappa shape index (κ3) is 4.42. The van der Waals surface area contributed by atoms with E-state index >= 15 is 0 Å². The number of aryl methyl sites for hydroxylation is 2. The highest BCUT2D eigenvalue weighted by Crippen LogP contribution is 2.19. The summed E-state index contributed by atoms with van der Waals surface area (Å²) >= 11 is 0. The van der Waals surface area contributed by atoms with E-state index in [2.05, 4.69) is 15.2 Å². The molecule has 2 fully saturated rings. The second kappa shape index (κ2) is 7.27. The zero-order chi connectivity index (χ0) is 16.2. The van der Waals surface area contributed by atoms with Crippen LogP contribution in [0.4, 0.5) is 10.6 Å². The summed E-state index contributed by atoms with van der Waals surface area (Å²) in [5.41, 5.74) is 2.03. The fourth-order valence-electron chi connectivity index (χ4n) is 3.41. The van der Waals surface area contributed by atoms with Crippen molar-refractivity contribution in [2.75, 3.05) is 51.3 Å². The van der Waals surface area contributed by atoms with Gasteiger partial charge in [0, 0.05) is 38.4 Å². The van der Waals surface area contributed by atoms with Crippen LogP contribution in [0.1, 0.15) is 17.7 Å². The van der Waals surface area contributed by atoms with E-state index in [0.29, 0.717) is 11.7 Å². The molecule has 3 rings (SSSR count). The van der Waals surface area contributed by atoms with Gasteiger partial charge in [0.05, 0.1) is 13.2 Å². The van der Waals surface area contributed by atoms with Crippen LogP contribution >= 0.6 is 0 Å². The first-order chi connectivity index (χ1) is 11.1. The van der Waals surface area contributed by atoms with Crippen LogP contribution in [0.15, 0.2) is 12.1 Å². The Kier molecular flexibility index (Phi) is 5.13. The van der Waals surface area contributed by atoms with Crippen molar-refractivity contribution in [1.29, 1.82) is 0 Å². The molecule has 1 aromatic rings. The maximum atomic E-state index is 12.4. The topological polar surface area (TPSA) is 57.7 Å². The first kappa shape index (κ1) is 16.2. The van der Waals surface area contributed by atoms with Gasteiger partial charge in [0.15, 0.2) is 0 Å². The molecule has 1 aromatic heterocycles. The van der Waals surface area contributed by atoms with Gasteiger partial charge in [-0.3, -0.25) is 10.2 Å². The largest absolute Gasteiger partial charge is 0.379 e. The molecule has 2 amide bonds. The van der Waals surface area contributed by atoms with Crippen molar-refractivity contribution >= 4 is 11.8 Å². The van der Waals surface area contributed by atoms with E-state index in [4.69, 9.17) is 4.74 Å². The van der Waals surface area contributed by atoms with E-state index in [1.54, 1.807) is 0 Å². The SMILES string of the molecule is Cc1cc(C)nc(NC(=O)N2CCC(CN3CCOCC3)C2)c1. The summed E-state index contributed by atoms with van der Waals surface area (Å²) in [7, 11) is 0. The number of nitrogens with zero attached hydrogens (tertiary/aromatic N) is 3. The Morgan fingerprint density at radius 3 is 2.83 bits per heavy atom. The third-order valence-electron chi connectivity index (χ3n) is 4.53. The van der Waals surface area contributed by atoms with Crippen molar-refractivity contribution in [3.05, 3.63) is 23.4 Å². The number of amides is 2. The van der Waals surface area contributed by atoms with Crippen LogP contribution < -0.4 is 5.32 Å². The molecule has 23 heavy (non-hydrogen) atoms. The first-order valence-corrected chi connectivity index (χ1v) is 8.41. The number of aromatic nitrogens is 1. The van der Waals surface area contributed by atoms with Crippen molar-refractivity contribution in [3.63, 3.8) is 0 Å². The molecule has 1 N–H and O–H groups in total. The van der Waals surface area contributed by atoms with Crippen LogP contribution in [0.3, 0.4) is 0 Å². The van der Waals surface area contributed by atoms with E-state index < -0.39 is 0 Å². The predicted octanol–water partition coefficient (Wildman–Crippen LogP) is 1.88. The van der Waals surface area contributed by atoms with Gasteiger partial charge in [0.25, 0.3) is 0 Å². The molecule has 2 aliphatic heterocycles. The van der Waals surface area contributed by atoms with Crippen molar-refractivity contribution < 1.29 is 9.53 Å². The van der Waals surface area contributed by atoms with E-state index in [9.17, 15) is 4.79 Å². The van der Waals surface area contributed by atoms with Crippen LogP contribution in [0.5, 0.6) is 0 Å². The maximum Gasteiger partial charge on any atom is 0.323 e. The van der Waals surface area contributed by atoms with E-state index in [1.807, 2.05) is 30.9 Å². The lowest BCUT2D eigenvalue weighted by atomic mass is 10.1. The standard InChI is InChI=1S/C17H26N4O2/c1-13-9-14(2)18-16(10-13)19-17(22)21-4-3-15(12-21)11-20-5-7-23-8-6-20/h9-10,15H,3-8,11-12H2,1-2H3,(H,18,19,22). The van der Waals surface area contributed by atoms with Gasteiger partial charge in [-0.05, 0) is 43.9 Å². The molecule has 0 spiro atoms. The van der Waals surface area contributed by atoms with Crippen molar-refractivity contribution in [3.8, 4) is 0 Å². The molecule has 0 aliphatic carbocycles. The molecule has 6 heteroatoms. The second-order valence-corrected chi connectivity index (χ2v) is 6.61. The van der Waals surface area contributed by atoms with E-state index in [1.165, 1.54) is 0 Å². The fourth-order valence-corrected chi connectivity index (χ4v) is 3.41. The summed E-state index contributed by atoms with van der Waals surface area (Å²) in [6.45, 7) is 10.3. The van der Waals surface area contributed by atoms with Gasteiger partial charge >= 0.3 is 6.03 Å². The highest BCUT2D eigenvalue weighted by Gasteiger charge is 2.28. The van der Waals surface area contributed by atoms with Gasteiger partial charge in [-0.2, -0.15) is 0 Å². The van der Waals surface area contributed by atoms with Crippen LogP contribution in [0.25, 0.3) is 0 Å². The number of carbonyl (C=O) groups is 1. The summed E-state index contributed by atoms with van der Waals surface area (Å²) in [6.07, 6.45) is 1.07. The van der Waals surface area contributed by atoms with E-state index in [-0.39, 0.29) is 6.03 Å². The summed E-state index contributed by atoms with van der Waals surface area (Å²) < 4.78 is 5.39. The Morgan fingerprint density at radius 2 is 2.09 bits per heavy atom. The lowest BCUT2D eigenvalue weighted by Crippen LogP contribution is -2.40.